The lowest BCUT2D eigenvalue weighted by molar-refractivity contribution is -0.0530. The third kappa shape index (κ3) is 2.81. The van der Waals surface area contributed by atoms with Crippen LogP contribution in [0, 0.1) is 5.92 Å². The molecule has 1 saturated carbocycles. The van der Waals surface area contributed by atoms with E-state index in [9.17, 15) is 0 Å². The summed E-state index contributed by atoms with van der Waals surface area (Å²) >= 11 is 0. The number of methoxy groups -OCH3 is 1. The Kier molecular flexibility index (Phi) is 4.00. The molecule has 1 aliphatic carbocycles. The monoisotopic (exact) mass is 422 g/mol. The molecule has 2 N–H and O–H groups in total. The minimum absolute atomic E-state index is 0.230. The van der Waals surface area contributed by atoms with Crippen molar-refractivity contribution in [2.75, 3.05) is 30.9 Å². The first-order valence-electron chi connectivity index (χ1n) is 10.7. The number of piperidine rings is 1. The standard InChI is InChI=1S/C21H26N8O2/c1-21(2)19-25-15-17(28(19)4-5-31-21)26-16(12-8-23-20(22)24-9-12)27-18(15)29-10-11-6-13(29)7-14(11)30-3/h8-9,11,13-14H,4-7,10H2,1-3H3,(H2,22,23,24)/t11?,13?,14-/m0/s1. The highest BCUT2D eigenvalue weighted by Crippen LogP contribution is 2.44. The molecule has 3 aliphatic rings. The van der Waals surface area contributed by atoms with Crippen LogP contribution in [0.2, 0.25) is 0 Å². The third-order valence-corrected chi connectivity index (χ3v) is 6.87. The minimum Gasteiger partial charge on any atom is -0.381 e. The molecule has 2 unspecified atom stereocenters. The second kappa shape index (κ2) is 6.57. The third-order valence-electron chi connectivity index (χ3n) is 6.87. The molecule has 10 nitrogen and oxygen atoms in total. The molecule has 31 heavy (non-hydrogen) atoms. The van der Waals surface area contributed by atoms with Gasteiger partial charge in [0.15, 0.2) is 22.8 Å². The second-order valence-electron chi connectivity index (χ2n) is 9.13. The van der Waals surface area contributed by atoms with Crippen LogP contribution < -0.4 is 10.6 Å². The molecule has 0 radical (unpaired) electrons. The van der Waals surface area contributed by atoms with Crippen LogP contribution in [0.3, 0.4) is 0 Å². The molecule has 10 heteroatoms. The van der Waals surface area contributed by atoms with E-state index in [1.54, 1.807) is 12.4 Å². The fourth-order valence-corrected chi connectivity index (χ4v) is 5.35. The number of anilines is 2. The van der Waals surface area contributed by atoms with Crippen molar-refractivity contribution in [1.29, 1.82) is 0 Å². The predicted octanol–water partition coefficient (Wildman–Crippen LogP) is 1.74. The number of hydrogen-bond donors (Lipinski definition) is 1. The number of hydrogen-bond acceptors (Lipinski definition) is 9. The van der Waals surface area contributed by atoms with E-state index in [2.05, 4.69) is 19.4 Å². The summed E-state index contributed by atoms with van der Waals surface area (Å²) in [6, 6.07) is 0.395. The van der Waals surface area contributed by atoms with Gasteiger partial charge in [-0.1, -0.05) is 0 Å². The van der Waals surface area contributed by atoms with Crippen molar-refractivity contribution in [1.82, 2.24) is 29.5 Å². The molecule has 2 bridgehead atoms. The van der Waals surface area contributed by atoms with Gasteiger partial charge in [0.05, 0.1) is 18.3 Å². The number of rotatable bonds is 3. The maximum absolute atomic E-state index is 6.00. The Hall–Kier alpha value is -2.85. The van der Waals surface area contributed by atoms with E-state index in [4.69, 9.17) is 30.2 Å². The lowest BCUT2D eigenvalue weighted by Crippen LogP contribution is -2.39. The van der Waals surface area contributed by atoms with Crippen LogP contribution in [0.25, 0.3) is 22.6 Å². The van der Waals surface area contributed by atoms with Crippen molar-refractivity contribution < 1.29 is 9.47 Å². The smallest absolute Gasteiger partial charge is 0.219 e. The predicted molar refractivity (Wildman–Crippen MR) is 114 cm³/mol. The van der Waals surface area contributed by atoms with Crippen molar-refractivity contribution in [3.63, 3.8) is 0 Å². The molecule has 0 amide bonds. The summed E-state index contributed by atoms with van der Waals surface area (Å²) in [5, 5.41) is 0. The number of nitrogen functional groups attached to an aromatic ring is 1. The molecule has 1 saturated heterocycles. The molecule has 3 aromatic rings. The Morgan fingerprint density at radius 1 is 1.16 bits per heavy atom. The van der Waals surface area contributed by atoms with Crippen LogP contribution in [0.4, 0.5) is 11.8 Å². The zero-order valence-corrected chi connectivity index (χ0v) is 17.9. The number of ether oxygens (including phenoxy) is 2. The van der Waals surface area contributed by atoms with Gasteiger partial charge in [-0.25, -0.2) is 24.9 Å². The molecular formula is C21H26N8O2. The molecule has 162 valence electrons. The van der Waals surface area contributed by atoms with Gasteiger partial charge in [0.2, 0.25) is 5.95 Å². The quantitative estimate of drug-likeness (QED) is 0.673. The van der Waals surface area contributed by atoms with Crippen LogP contribution in [-0.4, -0.2) is 61.9 Å². The lowest BCUT2D eigenvalue weighted by atomic mass is 10.1. The zero-order valence-electron chi connectivity index (χ0n) is 17.9. The number of fused-ring (bicyclic) bond motifs is 5. The molecule has 0 aromatic carbocycles. The highest BCUT2D eigenvalue weighted by Gasteiger charge is 2.46. The molecule has 0 spiro atoms. The van der Waals surface area contributed by atoms with Gasteiger partial charge in [-0.2, -0.15) is 0 Å². The summed E-state index contributed by atoms with van der Waals surface area (Å²) in [5.41, 5.74) is 7.60. The highest BCUT2D eigenvalue weighted by molar-refractivity contribution is 5.87. The van der Waals surface area contributed by atoms with E-state index in [0.717, 1.165) is 47.8 Å². The topological polar surface area (TPSA) is 117 Å². The largest absolute Gasteiger partial charge is 0.381 e. The van der Waals surface area contributed by atoms with Gasteiger partial charge in [0.25, 0.3) is 0 Å². The molecule has 3 atom stereocenters. The summed E-state index contributed by atoms with van der Waals surface area (Å²) in [4.78, 5) is 25.5. The van der Waals surface area contributed by atoms with E-state index in [1.165, 1.54) is 0 Å². The van der Waals surface area contributed by atoms with E-state index in [1.807, 2.05) is 21.0 Å². The van der Waals surface area contributed by atoms with Crippen LogP contribution >= 0.6 is 0 Å². The maximum Gasteiger partial charge on any atom is 0.219 e. The van der Waals surface area contributed by atoms with Crippen molar-refractivity contribution in [3.8, 4) is 11.4 Å². The number of imidazole rings is 1. The minimum atomic E-state index is -0.480. The summed E-state index contributed by atoms with van der Waals surface area (Å²) in [6.07, 6.45) is 5.79. The molecule has 3 aromatic heterocycles. The van der Waals surface area contributed by atoms with Crippen LogP contribution in [0.15, 0.2) is 12.4 Å². The first-order chi connectivity index (χ1) is 14.9. The van der Waals surface area contributed by atoms with E-state index < -0.39 is 5.60 Å². The Balaban J connectivity index is 1.54. The van der Waals surface area contributed by atoms with Crippen molar-refractivity contribution >= 4 is 22.9 Å². The zero-order chi connectivity index (χ0) is 21.3. The Labute approximate surface area is 179 Å². The van der Waals surface area contributed by atoms with Crippen molar-refractivity contribution in [3.05, 3.63) is 18.2 Å². The highest BCUT2D eigenvalue weighted by atomic mass is 16.5. The Morgan fingerprint density at radius 3 is 2.68 bits per heavy atom. The van der Waals surface area contributed by atoms with Gasteiger partial charge >= 0.3 is 0 Å². The van der Waals surface area contributed by atoms with Gasteiger partial charge in [-0.3, -0.25) is 0 Å². The van der Waals surface area contributed by atoms with Crippen LogP contribution in [0.1, 0.15) is 32.5 Å². The summed E-state index contributed by atoms with van der Waals surface area (Å²) < 4.78 is 13.9. The molecule has 2 aliphatic heterocycles. The van der Waals surface area contributed by atoms with E-state index in [0.29, 0.717) is 37.0 Å². The molecule has 2 fully saturated rings. The van der Waals surface area contributed by atoms with Gasteiger partial charge in [0.1, 0.15) is 11.4 Å². The molecule has 5 heterocycles. The summed E-state index contributed by atoms with van der Waals surface area (Å²) in [6.45, 7) is 6.34. The average molecular weight is 422 g/mol. The fourth-order valence-electron chi connectivity index (χ4n) is 5.35. The van der Waals surface area contributed by atoms with E-state index >= 15 is 0 Å². The van der Waals surface area contributed by atoms with Gasteiger partial charge < -0.3 is 24.7 Å². The first-order valence-corrected chi connectivity index (χ1v) is 10.7. The van der Waals surface area contributed by atoms with E-state index in [-0.39, 0.29) is 5.95 Å². The molecular weight excluding hydrogens is 396 g/mol. The average Bonchev–Trinajstić information content (AvgIpc) is 3.46. The van der Waals surface area contributed by atoms with Crippen LogP contribution in [-0.2, 0) is 21.6 Å². The first kappa shape index (κ1) is 18.9. The Morgan fingerprint density at radius 2 is 1.97 bits per heavy atom. The van der Waals surface area contributed by atoms with Crippen molar-refractivity contribution in [2.45, 2.75) is 51.0 Å². The molecule has 6 rings (SSSR count). The number of nitrogens with zero attached hydrogens (tertiary/aromatic N) is 7. The maximum atomic E-state index is 6.00. The summed E-state index contributed by atoms with van der Waals surface area (Å²) in [5.74, 6) is 3.08. The Bertz CT molecular complexity index is 1160. The van der Waals surface area contributed by atoms with Crippen molar-refractivity contribution in [2.24, 2.45) is 5.92 Å². The summed E-state index contributed by atoms with van der Waals surface area (Å²) in [7, 11) is 1.81. The van der Waals surface area contributed by atoms with Gasteiger partial charge in [-0.05, 0) is 26.7 Å². The van der Waals surface area contributed by atoms with Crippen LogP contribution in [0.5, 0.6) is 0 Å². The normalized spacial score (nSPS) is 26.5. The fraction of sp³-hybridized carbons (Fsp3) is 0.571. The SMILES string of the molecule is CO[C@H]1CC2CC1CN2c1nc(-c2cnc(N)nc2)nc2c1nc1n2CCOC1(C)C. The second-order valence-corrected chi connectivity index (χ2v) is 9.13. The number of nitrogens with two attached hydrogens (primary N) is 1. The van der Waals surface area contributed by atoms with Gasteiger partial charge in [0, 0.05) is 44.6 Å². The van der Waals surface area contributed by atoms with Gasteiger partial charge in [-0.15, -0.1) is 0 Å². The lowest BCUT2D eigenvalue weighted by Gasteiger charge is -2.32. The number of aromatic nitrogens is 6.